The third kappa shape index (κ3) is 5.13. The zero-order valence-corrected chi connectivity index (χ0v) is 19.5. The highest BCUT2D eigenvalue weighted by atomic mass is 35.5. The summed E-state index contributed by atoms with van der Waals surface area (Å²) in [5.74, 6) is 1.16. The topological polar surface area (TPSA) is 91.6 Å². The minimum absolute atomic E-state index is 0.0191. The summed E-state index contributed by atoms with van der Waals surface area (Å²) in [7, 11) is 0. The van der Waals surface area contributed by atoms with Crippen molar-refractivity contribution in [3.05, 3.63) is 59.4 Å². The lowest BCUT2D eigenvalue weighted by Gasteiger charge is -2.30. The van der Waals surface area contributed by atoms with Crippen LogP contribution >= 0.6 is 11.6 Å². The van der Waals surface area contributed by atoms with Gasteiger partial charge in [-0.1, -0.05) is 35.0 Å². The summed E-state index contributed by atoms with van der Waals surface area (Å²) in [6.07, 6.45) is 2.97. The van der Waals surface area contributed by atoms with Crippen molar-refractivity contribution in [3.63, 3.8) is 0 Å². The summed E-state index contributed by atoms with van der Waals surface area (Å²) >= 11 is 6.05. The Bertz CT molecular complexity index is 1190. The summed E-state index contributed by atoms with van der Waals surface area (Å²) in [4.78, 5) is 33.4. The van der Waals surface area contributed by atoms with Crippen LogP contribution in [-0.4, -0.2) is 46.5 Å². The number of nitrogens with one attached hydrogen (secondary N) is 1. The minimum Gasteiger partial charge on any atom is -0.338 e. The van der Waals surface area contributed by atoms with Gasteiger partial charge in [-0.3, -0.25) is 14.5 Å². The number of rotatable bonds is 6. The number of carbonyl (C=O) groups excluding carboxylic acids is 2. The van der Waals surface area contributed by atoms with Crippen LogP contribution in [0.15, 0.2) is 53.1 Å². The third-order valence-electron chi connectivity index (χ3n) is 6.37. The summed E-state index contributed by atoms with van der Waals surface area (Å²) in [5.41, 5.74) is 2.38. The second-order valence-electron chi connectivity index (χ2n) is 8.76. The molecule has 3 heterocycles. The number of anilines is 2. The molecule has 2 aliphatic rings. The Labute approximate surface area is 202 Å². The van der Waals surface area contributed by atoms with E-state index in [9.17, 15) is 9.59 Å². The molecule has 3 aromatic rings. The first-order chi connectivity index (χ1) is 16.5. The van der Waals surface area contributed by atoms with Crippen molar-refractivity contribution in [2.45, 2.75) is 32.2 Å². The monoisotopic (exact) mass is 479 g/mol. The molecule has 0 atom stereocenters. The van der Waals surface area contributed by atoms with Gasteiger partial charge < -0.3 is 14.7 Å². The van der Waals surface area contributed by atoms with Gasteiger partial charge in [0, 0.05) is 40.8 Å². The van der Waals surface area contributed by atoms with Gasteiger partial charge in [-0.15, -0.1) is 0 Å². The zero-order chi connectivity index (χ0) is 23.5. The summed E-state index contributed by atoms with van der Waals surface area (Å²) in [6.45, 7) is 2.83. The van der Waals surface area contributed by atoms with Gasteiger partial charge in [-0.25, -0.2) is 0 Å². The zero-order valence-electron chi connectivity index (χ0n) is 18.7. The normalized spacial score (nSPS) is 17.3. The molecule has 2 aromatic carbocycles. The number of carbonyl (C=O) groups is 2. The van der Waals surface area contributed by atoms with E-state index in [0.29, 0.717) is 29.7 Å². The molecule has 0 unspecified atom stereocenters. The van der Waals surface area contributed by atoms with E-state index in [2.05, 4.69) is 20.4 Å². The molecular formula is C25H26ClN5O3. The molecule has 0 saturated carbocycles. The standard InChI is InChI=1S/C25H26ClN5O3/c26-19-5-1-4-18(14-19)24-28-22(34-29-24)16-30-12-9-17(10-13-30)25(33)27-20-6-2-7-21(15-20)31-11-3-8-23(31)32/h1-2,4-7,14-15,17H,3,8-13,16H2,(H,27,33). The average Bonchev–Trinajstić information content (AvgIpc) is 3.49. The molecule has 176 valence electrons. The molecule has 34 heavy (non-hydrogen) atoms. The minimum atomic E-state index is -0.0574. The van der Waals surface area contributed by atoms with Gasteiger partial charge in [0.25, 0.3) is 0 Å². The summed E-state index contributed by atoms with van der Waals surface area (Å²) in [6, 6.07) is 14.9. The van der Waals surface area contributed by atoms with E-state index in [1.54, 1.807) is 17.0 Å². The molecule has 0 spiro atoms. The van der Waals surface area contributed by atoms with Crippen LogP contribution in [0.2, 0.25) is 5.02 Å². The Morgan fingerprint density at radius 2 is 1.94 bits per heavy atom. The highest BCUT2D eigenvalue weighted by Crippen LogP contribution is 2.26. The molecule has 1 N–H and O–H groups in total. The van der Waals surface area contributed by atoms with Crippen molar-refractivity contribution in [1.29, 1.82) is 0 Å². The van der Waals surface area contributed by atoms with Crippen LogP contribution in [0.1, 0.15) is 31.6 Å². The number of amides is 2. The molecule has 1 aromatic heterocycles. The number of piperidine rings is 1. The maximum atomic E-state index is 12.9. The van der Waals surface area contributed by atoms with E-state index in [0.717, 1.165) is 55.8 Å². The van der Waals surface area contributed by atoms with Gasteiger partial charge in [0.15, 0.2) is 0 Å². The van der Waals surface area contributed by atoms with Crippen molar-refractivity contribution in [3.8, 4) is 11.4 Å². The lowest BCUT2D eigenvalue weighted by atomic mass is 9.96. The lowest BCUT2D eigenvalue weighted by molar-refractivity contribution is -0.121. The molecule has 0 radical (unpaired) electrons. The predicted octanol–water partition coefficient (Wildman–Crippen LogP) is 4.37. The average molecular weight is 480 g/mol. The van der Waals surface area contributed by atoms with Crippen LogP contribution in [-0.2, 0) is 16.1 Å². The van der Waals surface area contributed by atoms with Crippen LogP contribution in [0, 0.1) is 5.92 Å². The van der Waals surface area contributed by atoms with E-state index in [4.69, 9.17) is 16.1 Å². The second-order valence-corrected chi connectivity index (χ2v) is 9.20. The van der Waals surface area contributed by atoms with Crippen molar-refractivity contribution in [2.75, 3.05) is 29.9 Å². The molecule has 2 aliphatic heterocycles. The van der Waals surface area contributed by atoms with Crippen molar-refractivity contribution >= 4 is 34.8 Å². The van der Waals surface area contributed by atoms with E-state index < -0.39 is 0 Å². The van der Waals surface area contributed by atoms with Crippen LogP contribution in [0.4, 0.5) is 11.4 Å². The quantitative estimate of drug-likeness (QED) is 0.564. The maximum absolute atomic E-state index is 12.9. The summed E-state index contributed by atoms with van der Waals surface area (Å²) in [5, 5.41) is 7.72. The molecule has 2 saturated heterocycles. The van der Waals surface area contributed by atoms with Gasteiger partial charge in [0.2, 0.25) is 23.5 Å². The Balaban J connectivity index is 1.13. The third-order valence-corrected chi connectivity index (χ3v) is 6.60. The molecule has 2 amide bonds. The van der Waals surface area contributed by atoms with Crippen LogP contribution in [0.5, 0.6) is 0 Å². The van der Waals surface area contributed by atoms with Gasteiger partial charge in [0.1, 0.15) is 0 Å². The van der Waals surface area contributed by atoms with Crippen LogP contribution < -0.4 is 10.2 Å². The number of hydrogen-bond donors (Lipinski definition) is 1. The molecule has 5 rings (SSSR count). The van der Waals surface area contributed by atoms with Crippen LogP contribution in [0.3, 0.4) is 0 Å². The van der Waals surface area contributed by atoms with Crippen LogP contribution in [0.25, 0.3) is 11.4 Å². The maximum Gasteiger partial charge on any atom is 0.241 e. The molecule has 8 nitrogen and oxygen atoms in total. The van der Waals surface area contributed by atoms with Gasteiger partial charge in [-0.05, 0) is 62.7 Å². The molecular weight excluding hydrogens is 454 g/mol. The molecule has 0 aliphatic carbocycles. The van der Waals surface area contributed by atoms with Gasteiger partial charge in [-0.2, -0.15) is 4.98 Å². The Kier molecular flexibility index (Phi) is 6.60. The number of aromatic nitrogens is 2. The molecule has 0 bridgehead atoms. The fraction of sp³-hybridized carbons (Fsp3) is 0.360. The first-order valence-corrected chi connectivity index (χ1v) is 11.9. The Morgan fingerprint density at radius 3 is 2.71 bits per heavy atom. The lowest BCUT2D eigenvalue weighted by Crippen LogP contribution is -2.37. The number of hydrogen-bond acceptors (Lipinski definition) is 6. The van der Waals surface area contributed by atoms with E-state index >= 15 is 0 Å². The number of likely N-dealkylation sites (tertiary alicyclic amines) is 1. The van der Waals surface area contributed by atoms with Gasteiger partial charge >= 0.3 is 0 Å². The molecule has 2 fully saturated rings. The smallest absolute Gasteiger partial charge is 0.241 e. The van der Waals surface area contributed by atoms with E-state index in [-0.39, 0.29) is 17.7 Å². The highest BCUT2D eigenvalue weighted by Gasteiger charge is 2.27. The van der Waals surface area contributed by atoms with Crippen molar-refractivity contribution in [1.82, 2.24) is 15.0 Å². The Hall–Kier alpha value is -3.23. The highest BCUT2D eigenvalue weighted by molar-refractivity contribution is 6.30. The number of benzene rings is 2. The fourth-order valence-electron chi connectivity index (χ4n) is 4.53. The SMILES string of the molecule is O=C(Nc1cccc(N2CCCC2=O)c1)C1CCN(Cc2nc(-c3cccc(Cl)c3)no2)CC1. The largest absolute Gasteiger partial charge is 0.338 e. The van der Waals surface area contributed by atoms with Gasteiger partial charge in [0.05, 0.1) is 6.54 Å². The predicted molar refractivity (Wildman–Crippen MR) is 129 cm³/mol. The second kappa shape index (κ2) is 9.95. The first kappa shape index (κ1) is 22.6. The number of nitrogens with zero attached hydrogens (tertiary/aromatic N) is 4. The molecule has 9 heteroatoms. The summed E-state index contributed by atoms with van der Waals surface area (Å²) < 4.78 is 5.42. The van der Waals surface area contributed by atoms with Crippen molar-refractivity contribution in [2.24, 2.45) is 5.92 Å². The van der Waals surface area contributed by atoms with E-state index in [1.165, 1.54) is 0 Å². The number of halogens is 1. The first-order valence-electron chi connectivity index (χ1n) is 11.6. The fourth-order valence-corrected chi connectivity index (χ4v) is 4.72. The van der Waals surface area contributed by atoms with Crippen molar-refractivity contribution < 1.29 is 14.1 Å². The van der Waals surface area contributed by atoms with E-state index in [1.807, 2.05) is 36.4 Å². The Morgan fingerprint density at radius 1 is 1.12 bits per heavy atom.